The lowest BCUT2D eigenvalue weighted by atomic mass is 9.89. The number of amides is 1. The van der Waals surface area contributed by atoms with Crippen LogP contribution >= 0.6 is 0 Å². The van der Waals surface area contributed by atoms with Crippen molar-refractivity contribution in [2.45, 2.75) is 112 Å². The Hall–Kier alpha value is -2.43. The van der Waals surface area contributed by atoms with Gasteiger partial charge in [0.2, 0.25) is 12.1 Å². The monoisotopic (exact) mass is 535 g/mol. The van der Waals surface area contributed by atoms with Crippen molar-refractivity contribution in [3.8, 4) is 0 Å². The third kappa shape index (κ3) is 7.15. The Kier molecular flexibility index (Phi) is 10.9. The zero-order chi connectivity index (χ0) is 29.1. The molecule has 0 bridgehead atoms. The van der Waals surface area contributed by atoms with E-state index in [0.29, 0.717) is 11.3 Å². The molecule has 0 radical (unpaired) electrons. The number of nitrogens with zero attached hydrogens (tertiary/aromatic N) is 2. The molecule has 1 aromatic heterocycles. The molecule has 4 N–H and O–H groups in total. The topological polar surface area (TPSA) is 129 Å². The van der Waals surface area contributed by atoms with Crippen LogP contribution in [0, 0.1) is 17.8 Å². The quantitative estimate of drug-likeness (QED) is 0.343. The Morgan fingerprint density at radius 2 is 1.71 bits per heavy atom. The number of aliphatic hydroxyl groups is 1. The van der Waals surface area contributed by atoms with E-state index >= 15 is 0 Å². The number of H-pyrrole nitrogens is 1. The number of hydrogen-bond donors (Lipinski definition) is 4. The lowest BCUT2D eigenvalue weighted by molar-refractivity contribution is -0.125. The van der Waals surface area contributed by atoms with Crippen molar-refractivity contribution in [3.63, 3.8) is 0 Å². The maximum atomic E-state index is 13.6. The fourth-order valence-electron chi connectivity index (χ4n) is 5.16. The molecule has 1 saturated heterocycles. The summed E-state index contributed by atoms with van der Waals surface area (Å²) in [6, 6.07) is -0.224. The predicted molar refractivity (Wildman–Crippen MR) is 150 cm³/mol. The van der Waals surface area contributed by atoms with Crippen LogP contribution in [0.1, 0.15) is 86.9 Å². The van der Waals surface area contributed by atoms with E-state index in [4.69, 9.17) is 4.74 Å². The summed E-state index contributed by atoms with van der Waals surface area (Å²) in [5.74, 6) is -0.237. The molecule has 0 spiro atoms. The lowest BCUT2D eigenvalue weighted by Gasteiger charge is -2.40. The maximum absolute atomic E-state index is 13.6. The SMILES string of the molecule is CC(C)NC(C(=O)N/C=C1\OC(n2cc(C(C)C)c(=O)[nH]c2=O)C(O)C1C(C)C)C(C(C)C)N(C)C(C)C. The van der Waals surface area contributed by atoms with E-state index in [9.17, 15) is 19.5 Å². The highest BCUT2D eigenvalue weighted by molar-refractivity contribution is 5.83. The summed E-state index contributed by atoms with van der Waals surface area (Å²) in [7, 11) is 2.03. The molecule has 0 saturated carbocycles. The van der Waals surface area contributed by atoms with E-state index in [0.717, 1.165) is 0 Å². The Bertz CT molecular complexity index is 1090. The molecule has 1 aliphatic rings. The Labute approximate surface area is 226 Å². The average Bonchev–Trinajstić information content (AvgIpc) is 3.12. The number of carbonyl (C=O) groups excluding carboxylic acids is 1. The second-order valence-corrected chi connectivity index (χ2v) is 12.0. The molecule has 10 nitrogen and oxygen atoms in total. The lowest BCUT2D eigenvalue weighted by Crippen LogP contribution is -2.60. The van der Waals surface area contributed by atoms with Gasteiger partial charge in [-0.3, -0.25) is 24.0 Å². The van der Waals surface area contributed by atoms with Crippen LogP contribution < -0.4 is 21.9 Å². The van der Waals surface area contributed by atoms with Crippen LogP contribution in [0.25, 0.3) is 0 Å². The van der Waals surface area contributed by atoms with Crippen LogP contribution in [-0.2, 0) is 9.53 Å². The van der Waals surface area contributed by atoms with Crippen molar-refractivity contribution in [2.24, 2.45) is 17.8 Å². The number of aliphatic hydroxyl groups excluding tert-OH is 1. The second kappa shape index (κ2) is 13.1. The van der Waals surface area contributed by atoms with Gasteiger partial charge < -0.3 is 20.5 Å². The molecule has 1 aromatic rings. The zero-order valence-corrected chi connectivity index (χ0v) is 24.9. The van der Waals surface area contributed by atoms with E-state index in [-0.39, 0.29) is 41.8 Å². The van der Waals surface area contributed by atoms with E-state index in [2.05, 4.69) is 48.2 Å². The molecule has 1 amide bonds. The summed E-state index contributed by atoms with van der Waals surface area (Å²) in [5.41, 5.74) is -0.690. The van der Waals surface area contributed by atoms with Crippen molar-refractivity contribution in [2.75, 3.05) is 7.05 Å². The predicted octanol–water partition coefficient (Wildman–Crippen LogP) is 2.51. The highest BCUT2D eigenvalue weighted by Gasteiger charge is 2.44. The molecule has 5 unspecified atom stereocenters. The molecule has 38 heavy (non-hydrogen) atoms. The summed E-state index contributed by atoms with van der Waals surface area (Å²) >= 11 is 0. The maximum Gasteiger partial charge on any atom is 0.331 e. The first-order valence-corrected chi connectivity index (χ1v) is 13.8. The fourth-order valence-corrected chi connectivity index (χ4v) is 5.16. The summed E-state index contributed by atoms with van der Waals surface area (Å²) in [6.45, 7) is 20.0. The largest absolute Gasteiger partial charge is 0.470 e. The highest BCUT2D eigenvalue weighted by atomic mass is 16.5. The Morgan fingerprint density at radius 3 is 2.18 bits per heavy atom. The van der Waals surface area contributed by atoms with Crippen molar-refractivity contribution in [1.29, 1.82) is 0 Å². The third-order valence-electron chi connectivity index (χ3n) is 7.32. The van der Waals surface area contributed by atoms with Crippen molar-refractivity contribution < 1.29 is 14.6 Å². The molecule has 10 heteroatoms. The molecule has 0 aromatic carbocycles. The number of rotatable bonds is 11. The number of hydrogen-bond acceptors (Lipinski definition) is 7. The van der Waals surface area contributed by atoms with Gasteiger partial charge in [-0.1, -0.05) is 55.4 Å². The number of ether oxygens (including phenoxy) is 1. The van der Waals surface area contributed by atoms with Gasteiger partial charge in [-0.05, 0) is 38.6 Å². The van der Waals surface area contributed by atoms with Crippen LogP contribution in [0.3, 0.4) is 0 Å². The standard InChI is InChI=1S/C28H49N5O5/c1-14(2)19-13-33(28(37)31-25(19)35)27-24(34)21(15(3)4)20(38-27)12-29-26(36)22(30-17(7)8)23(16(5)6)32(11)18(9)10/h12-18,21-24,27,30,34H,1-11H3,(H,29,36)(H,31,35,37)/b20-12-. The average molecular weight is 536 g/mol. The van der Waals surface area contributed by atoms with E-state index in [1.54, 1.807) is 0 Å². The van der Waals surface area contributed by atoms with Gasteiger partial charge in [0.25, 0.3) is 5.56 Å². The minimum atomic E-state index is -1.05. The van der Waals surface area contributed by atoms with Gasteiger partial charge in [-0.15, -0.1) is 0 Å². The number of aromatic nitrogens is 2. The fraction of sp³-hybridized carbons (Fsp3) is 0.750. The van der Waals surface area contributed by atoms with Crippen LogP contribution in [0.15, 0.2) is 27.7 Å². The summed E-state index contributed by atoms with van der Waals surface area (Å²) < 4.78 is 7.33. The molecule has 2 rings (SSSR count). The number of likely N-dealkylation sites (N-methyl/N-ethyl adjacent to an activating group) is 1. The first-order chi connectivity index (χ1) is 17.6. The van der Waals surface area contributed by atoms with Gasteiger partial charge in [-0.25, -0.2) is 4.79 Å². The van der Waals surface area contributed by atoms with Crippen LogP contribution in [0.2, 0.25) is 0 Å². The van der Waals surface area contributed by atoms with Gasteiger partial charge in [0, 0.05) is 36.1 Å². The van der Waals surface area contributed by atoms with E-state index in [1.165, 1.54) is 17.0 Å². The molecular formula is C28H49N5O5. The van der Waals surface area contributed by atoms with Crippen LogP contribution in [0.4, 0.5) is 0 Å². The molecule has 1 fully saturated rings. The molecule has 1 aliphatic heterocycles. The van der Waals surface area contributed by atoms with Gasteiger partial charge in [0.15, 0.2) is 0 Å². The number of carbonyl (C=O) groups is 1. The Balaban J connectivity index is 2.43. The summed E-state index contributed by atoms with van der Waals surface area (Å²) in [4.78, 5) is 43.0. The second-order valence-electron chi connectivity index (χ2n) is 12.0. The smallest absolute Gasteiger partial charge is 0.331 e. The van der Waals surface area contributed by atoms with E-state index < -0.39 is 35.5 Å². The minimum Gasteiger partial charge on any atom is -0.470 e. The number of aromatic amines is 1. The molecule has 2 heterocycles. The van der Waals surface area contributed by atoms with Crippen LogP contribution in [-0.4, -0.2) is 62.8 Å². The van der Waals surface area contributed by atoms with Gasteiger partial charge >= 0.3 is 5.69 Å². The first kappa shape index (κ1) is 31.8. The highest BCUT2D eigenvalue weighted by Crippen LogP contribution is 2.40. The number of nitrogens with one attached hydrogen (secondary N) is 3. The molecule has 5 atom stereocenters. The zero-order valence-electron chi connectivity index (χ0n) is 24.9. The molecule has 0 aliphatic carbocycles. The van der Waals surface area contributed by atoms with Crippen molar-refractivity contribution >= 4 is 5.91 Å². The van der Waals surface area contributed by atoms with Gasteiger partial charge in [0.05, 0.1) is 5.92 Å². The summed E-state index contributed by atoms with van der Waals surface area (Å²) in [6.07, 6.45) is 0.878. The van der Waals surface area contributed by atoms with Crippen molar-refractivity contribution in [3.05, 3.63) is 44.6 Å². The first-order valence-electron chi connectivity index (χ1n) is 13.8. The summed E-state index contributed by atoms with van der Waals surface area (Å²) in [5, 5.41) is 17.6. The van der Waals surface area contributed by atoms with Gasteiger partial charge in [-0.2, -0.15) is 0 Å². The van der Waals surface area contributed by atoms with Crippen molar-refractivity contribution in [1.82, 2.24) is 25.1 Å². The third-order valence-corrected chi connectivity index (χ3v) is 7.32. The Morgan fingerprint density at radius 1 is 1.11 bits per heavy atom. The van der Waals surface area contributed by atoms with Crippen LogP contribution in [0.5, 0.6) is 0 Å². The van der Waals surface area contributed by atoms with Gasteiger partial charge in [0.1, 0.15) is 17.9 Å². The molecular weight excluding hydrogens is 486 g/mol. The molecule has 216 valence electrons. The minimum absolute atomic E-state index is 0.0405. The normalized spacial score (nSPS) is 22.8. The van der Waals surface area contributed by atoms with E-state index in [1.807, 2.05) is 48.6 Å².